The number of hydrogen-bond donors (Lipinski definition) is 3. The summed E-state index contributed by atoms with van der Waals surface area (Å²) in [6, 6.07) is 15.5. The van der Waals surface area contributed by atoms with Gasteiger partial charge in [0.15, 0.2) is 9.84 Å². The van der Waals surface area contributed by atoms with E-state index in [0.29, 0.717) is 10.6 Å². The van der Waals surface area contributed by atoms with Crippen LogP contribution in [0.2, 0.25) is 10.0 Å². The van der Waals surface area contributed by atoms with Gasteiger partial charge >= 0.3 is 0 Å². The smallest absolute Gasteiger partial charge is 0.255 e. The Balaban J connectivity index is 1.82. The first-order valence-corrected chi connectivity index (χ1v) is 12.1. The maximum atomic E-state index is 13.0. The number of phenols is 1. The highest BCUT2D eigenvalue weighted by Crippen LogP contribution is 2.35. The Bertz CT molecular complexity index is 1230. The van der Waals surface area contributed by atoms with Crippen molar-refractivity contribution in [3.05, 3.63) is 81.8 Å². The zero-order valence-corrected chi connectivity index (χ0v) is 19.7. The molecule has 9 heteroatoms. The lowest BCUT2D eigenvalue weighted by Crippen LogP contribution is -2.29. The first-order valence-electron chi connectivity index (χ1n) is 9.78. The number of carbonyl (C=O) groups excluding carboxylic acids is 1. The Morgan fingerprint density at radius 3 is 2.22 bits per heavy atom. The minimum Gasteiger partial charge on any atom is -0.506 e. The van der Waals surface area contributed by atoms with E-state index in [-0.39, 0.29) is 33.5 Å². The van der Waals surface area contributed by atoms with Crippen molar-refractivity contribution in [2.24, 2.45) is 0 Å². The molecule has 0 fully saturated rings. The second-order valence-corrected chi connectivity index (χ2v) is 10.2. The Kier molecular flexibility index (Phi) is 7.33. The van der Waals surface area contributed by atoms with Gasteiger partial charge in [-0.05, 0) is 55.8 Å². The van der Waals surface area contributed by atoms with Crippen molar-refractivity contribution in [3.8, 4) is 5.75 Å². The van der Waals surface area contributed by atoms with Crippen LogP contribution in [-0.4, -0.2) is 24.8 Å². The van der Waals surface area contributed by atoms with Crippen LogP contribution in [0.25, 0.3) is 0 Å². The molecular weight excluding hydrogens is 471 g/mol. The van der Waals surface area contributed by atoms with Crippen LogP contribution < -0.4 is 10.6 Å². The number of phenolic OH excluding ortho intramolecular Hbond substituents is 1. The van der Waals surface area contributed by atoms with Crippen LogP contribution in [0.5, 0.6) is 5.75 Å². The molecule has 3 rings (SSSR count). The van der Waals surface area contributed by atoms with Crippen molar-refractivity contribution in [3.63, 3.8) is 0 Å². The van der Waals surface area contributed by atoms with Crippen LogP contribution in [0.4, 0.5) is 11.4 Å². The lowest BCUT2D eigenvalue weighted by molar-refractivity contribution is 0.102. The first-order chi connectivity index (χ1) is 15.1. The number of rotatable bonds is 7. The molecular formula is C23H22Cl2N2O4S. The summed E-state index contributed by atoms with van der Waals surface area (Å²) in [6.07, 6.45) is 0.244. The zero-order chi connectivity index (χ0) is 23.5. The number of anilines is 2. The number of aryl methyl sites for hydroxylation is 1. The molecule has 1 amide bonds. The van der Waals surface area contributed by atoms with Gasteiger partial charge in [-0.15, -0.1) is 0 Å². The molecule has 0 radical (unpaired) electrons. The number of benzene rings is 3. The van der Waals surface area contributed by atoms with E-state index in [2.05, 4.69) is 10.6 Å². The van der Waals surface area contributed by atoms with Gasteiger partial charge in [-0.3, -0.25) is 4.79 Å². The molecule has 0 aromatic heterocycles. The lowest BCUT2D eigenvalue weighted by Gasteiger charge is -2.20. The second-order valence-electron chi connectivity index (χ2n) is 7.21. The van der Waals surface area contributed by atoms with Crippen LogP contribution in [0.3, 0.4) is 0 Å². The molecule has 0 aliphatic rings. The fraction of sp³-hybridized carbons (Fsp3) is 0.174. The van der Waals surface area contributed by atoms with Gasteiger partial charge in [0, 0.05) is 16.7 Å². The molecule has 32 heavy (non-hydrogen) atoms. The highest BCUT2D eigenvalue weighted by Gasteiger charge is 2.27. The van der Waals surface area contributed by atoms with E-state index in [1.165, 1.54) is 36.4 Å². The van der Waals surface area contributed by atoms with E-state index in [9.17, 15) is 18.3 Å². The second kappa shape index (κ2) is 9.81. The van der Waals surface area contributed by atoms with Crippen molar-refractivity contribution in [2.75, 3.05) is 10.6 Å². The molecule has 3 aromatic rings. The highest BCUT2D eigenvalue weighted by atomic mass is 35.5. The maximum Gasteiger partial charge on any atom is 0.255 e. The third kappa shape index (κ3) is 5.35. The fourth-order valence-electron chi connectivity index (χ4n) is 3.03. The zero-order valence-electron chi connectivity index (χ0n) is 17.4. The van der Waals surface area contributed by atoms with Crippen LogP contribution in [-0.2, 0) is 9.84 Å². The molecule has 3 aromatic carbocycles. The molecule has 0 aliphatic carbocycles. The van der Waals surface area contributed by atoms with Crippen molar-refractivity contribution >= 4 is 50.3 Å². The molecule has 1 atom stereocenters. The summed E-state index contributed by atoms with van der Waals surface area (Å²) in [6.45, 7) is 3.63. The molecule has 168 valence electrons. The van der Waals surface area contributed by atoms with Crippen molar-refractivity contribution in [1.82, 2.24) is 0 Å². The minimum atomic E-state index is -3.74. The van der Waals surface area contributed by atoms with Crippen molar-refractivity contribution in [1.29, 1.82) is 0 Å². The van der Waals surface area contributed by atoms with Crippen LogP contribution in [0, 0.1) is 6.92 Å². The van der Waals surface area contributed by atoms with Gasteiger partial charge in [-0.2, -0.15) is 0 Å². The van der Waals surface area contributed by atoms with Gasteiger partial charge in [0.1, 0.15) is 11.1 Å². The third-order valence-electron chi connectivity index (χ3n) is 4.85. The Hall–Kier alpha value is -2.74. The summed E-state index contributed by atoms with van der Waals surface area (Å²) in [5.41, 5.74) is 1.77. The Labute approximate surface area is 197 Å². The van der Waals surface area contributed by atoms with Crippen LogP contribution in [0.1, 0.15) is 29.3 Å². The van der Waals surface area contributed by atoms with Crippen LogP contribution >= 0.6 is 23.2 Å². The average molecular weight is 493 g/mol. The fourth-order valence-corrected chi connectivity index (χ4v) is 4.94. The number of halogens is 2. The predicted molar refractivity (Wildman–Crippen MR) is 129 cm³/mol. The highest BCUT2D eigenvalue weighted by molar-refractivity contribution is 7.92. The normalized spacial score (nSPS) is 12.2. The third-order valence-corrected chi connectivity index (χ3v) is 7.55. The van der Waals surface area contributed by atoms with Crippen molar-refractivity contribution < 1.29 is 18.3 Å². The molecule has 0 aliphatic heterocycles. The van der Waals surface area contributed by atoms with E-state index in [1.807, 2.05) is 6.92 Å². The van der Waals surface area contributed by atoms with Gasteiger partial charge in [-0.25, -0.2) is 8.42 Å². The van der Waals surface area contributed by atoms with Gasteiger partial charge in [-0.1, -0.05) is 47.8 Å². The van der Waals surface area contributed by atoms with Crippen LogP contribution in [0.15, 0.2) is 65.6 Å². The van der Waals surface area contributed by atoms with E-state index in [0.717, 1.165) is 5.56 Å². The van der Waals surface area contributed by atoms with E-state index in [1.54, 1.807) is 31.2 Å². The van der Waals surface area contributed by atoms with Gasteiger partial charge in [0.25, 0.3) is 5.91 Å². The minimum absolute atomic E-state index is 0.111. The molecule has 0 saturated carbocycles. The summed E-state index contributed by atoms with van der Waals surface area (Å²) < 4.78 is 26.0. The number of hydrogen-bond acceptors (Lipinski definition) is 5. The largest absolute Gasteiger partial charge is 0.506 e. The number of amides is 1. The standard InChI is InChI=1S/C23H22Cl2N2O4S/c1-3-22(32(30,31)17-10-8-16(24)9-11-17)26-19-13-21(28)20(12-18(19)25)27-23(29)15-6-4-14(2)5-7-15/h4-13,22,26,28H,3H2,1-2H3,(H,27,29). The molecule has 0 bridgehead atoms. The summed E-state index contributed by atoms with van der Waals surface area (Å²) in [4.78, 5) is 12.6. The summed E-state index contributed by atoms with van der Waals surface area (Å²) in [5, 5.41) is 15.5. The van der Waals surface area contributed by atoms with E-state index >= 15 is 0 Å². The number of nitrogens with one attached hydrogen (secondary N) is 2. The molecule has 3 N–H and O–H groups in total. The molecule has 0 spiro atoms. The molecule has 1 unspecified atom stereocenters. The summed E-state index contributed by atoms with van der Waals surface area (Å²) in [5.74, 6) is -0.662. The first kappa shape index (κ1) is 23.9. The van der Waals surface area contributed by atoms with Crippen molar-refractivity contribution in [2.45, 2.75) is 30.5 Å². The summed E-state index contributed by atoms with van der Waals surface area (Å²) in [7, 11) is -3.74. The quantitative estimate of drug-likeness (QED) is 0.357. The van der Waals surface area contributed by atoms with E-state index in [4.69, 9.17) is 23.2 Å². The van der Waals surface area contributed by atoms with Gasteiger partial charge in [0.2, 0.25) is 0 Å². The number of carbonyl (C=O) groups is 1. The Morgan fingerprint density at radius 1 is 1.00 bits per heavy atom. The molecule has 6 nitrogen and oxygen atoms in total. The number of sulfone groups is 1. The van der Waals surface area contributed by atoms with Gasteiger partial charge in [0.05, 0.1) is 21.3 Å². The molecule has 0 saturated heterocycles. The summed E-state index contributed by atoms with van der Waals surface area (Å²) >= 11 is 12.2. The number of aromatic hydroxyl groups is 1. The maximum absolute atomic E-state index is 13.0. The predicted octanol–water partition coefficient (Wildman–Crippen LogP) is 5.88. The monoisotopic (exact) mass is 492 g/mol. The molecule has 0 heterocycles. The lowest BCUT2D eigenvalue weighted by atomic mass is 10.1. The van der Waals surface area contributed by atoms with E-state index < -0.39 is 21.1 Å². The van der Waals surface area contributed by atoms with Gasteiger partial charge < -0.3 is 15.7 Å². The Morgan fingerprint density at radius 2 is 1.62 bits per heavy atom. The SMILES string of the molecule is CCC(Nc1cc(O)c(NC(=O)c2ccc(C)cc2)cc1Cl)S(=O)(=O)c1ccc(Cl)cc1. The topological polar surface area (TPSA) is 95.5 Å². The average Bonchev–Trinajstić information content (AvgIpc) is 2.75.